The zero-order valence-electron chi connectivity index (χ0n) is 8.26. The molecule has 0 N–H and O–H groups in total. The second-order valence-corrected chi connectivity index (χ2v) is 4.06. The molecule has 0 amide bonds. The van der Waals surface area contributed by atoms with Gasteiger partial charge < -0.3 is 4.90 Å². The standard InChI is InChI=1S/C10H18NO/c1-8(2)6-11-5-4-10(12)9(3)7-11/h9H,4-7H2,1-3H3. The van der Waals surface area contributed by atoms with Crippen LogP contribution in [0.4, 0.5) is 0 Å². The molecule has 0 aromatic carbocycles. The molecule has 1 fully saturated rings. The topological polar surface area (TPSA) is 20.3 Å². The maximum Gasteiger partial charge on any atom is 0.138 e. The molecule has 0 bridgehead atoms. The van der Waals surface area contributed by atoms with Crippen LogP contribution < -0.4 is 0 Å². The lowest BCUT2D eigenvalue weighted by Gasteiger charge is -2.30. The maximum atomic E-state index is 11.2. The number of Topliss-reactive ketones (excluding diaryl/α,β-unsaturated/α-hetero) is 1. The number of nitrogens with zero attached hydrogens (tertiary/aromatic N) is 1. The first-order valence-corrected chi connectivity index (χ1v) is 4.63. The van der Waals surface area contributed by atoms with E-state index in [0.717, 1.165) is 26.1 Å². The Labute approximate surface area is 74.9 Å². The van der Waals surface area contributed by atoms with Crippen LogP contribution in [0.1, 0.15) is 27.2 Å². The normalized spacial score (nSPS) is 26.7. The van der Waals surface area contributed by atoms with E-state index in [2.05, 4.69) is 18.7 Å². The first-order valence-electron chi connectivity index (χ1n) is 4.63. The first-order chi connectivity index (χ1) is 5.59. The summed E-state index contributed by atoms with van der Waals surface area (Å²) in [5, 5.41) is 0. The number of rotatable bonds is 2. The fourth-order valence-corrected chi connectivity index (χ4v) is 1.69. The lowest BCUT2D eigenvalue weighted by atomic mass is 9.98. The van der Waals surface area contributed by atoms with E-state index in [1.165, 1.54) is 5.92 Å². The summed E-state index contributed by atoms with van der Waals surface area (Å²) >= 11 is 0. The molecule has 1 atom stereocenters. The number of carbonyl (C=O) groups is 1. The van der Waals surface area contributed by atoms with Crippen LogP contribution in [0.3, 0.4) is 0 Å². The van der Waals surface area contributed by atoms with Gasteiger partial charge in [-0.25, -0.2) is 0 Å². The summed E-state index contributed by atoms with van der Waals surface area (Å²) in [6.45, 7) is 9.26. The molecule has 1 aliphatic rings. The monoisotopic (exact) mass is 168 g/mol. The van der Waals surface area contributed by atoms with Crippen LogP contribution in [0.2, 0.25) is 0 Å². The summed E-state index contributed by atoms with van der Waals surface area (Å²) in [5.41, 5.74) is 0. The van der Waals surface area contributed by atoms with Gasteiger partial charge in [0.05, 0.1) is 0 Å². The van der Waals surface area contributed by atoms with Crippen molar-refractivity contribution in [2.75, 3.05) is 19.6 Å². The molecule has 0 saturated carbocycles. The summed E-state index contributed by atoms with van der Waals surface area (Å²) in [6.07, 6.45) is 0.744. The van der Waals surface area contributed by atoms with E-state index >= 15 is 0 Å². The third-order valence-electron chi connectivity index (χ3n) is 2.30. The highest BCUT2D eigenvalue weighted by molar-refractivity contribution is 5.81. The molecule has 0 aromatic heterocycles. The molecule has 2 nitrogen and oxygen atoms in total. The van der Waals surface area contributed by atoms with Crippen LogP contribution in [0.15, 0.2) is 0 Å². The highest BCUT2D eigenvalue weighted by Gasteiger charge is 2.23. The average molecular weight is 168 g/mol. The van der Waals surface area contributed by atoms with Crippen molar-refractivity contribution in [1.82, 2.24) is 4.90 Å². The van der Waals surface area contributed by atoms with Crippen LogP contribution in [-0.4, -0.2) is 30.3 Å². The Balaban J connectivity index is 2.35. The van der Waals surface area contributed by atoms with Gasteiger partial charge in [-0.05, 0) is 5.92 Å². The zero-order chi connectivity index (χ0) is 9.14. The van der Waals surface area contributed by atoms with Gasteiger partial charge in [-0.15, -0.1) is 0 Å². The number of ketones is 1. The Morgan fingerprint density at radius 1 is 1.58 bits per heavy atom. The van der Waals surface area contributed by atoms with Gasteiger partial charge in [-0.3, -0.25) is 4.79 Å². The molecule has 69 valence electrons. The van der Waals surface area contributed by atoms with Crippen molar-refractivity contribution < 1.29 is 4.79 Å². The predicted molar refractivity (Wildman–Crippen MR) is 49.8 cm³/mol. The summed E-state index contributed by atoms with van der Waals surface area (Å²) in [7, 11) is 0. The lowest BCUT2D eigenvalue weighted by molar-refractivity contribution is -0.125. The lowest BCUT2D eigenvalue weighted by Crippen LogP contribution is -2.40. The molecule has 0 aromatic rings. The summed E-state index contributed by atoms with van der Waals surface area (Å²) < 4.78 is 0. The van der Waals surface area contributed by atoms with Gasteiger partial charge in [0, 0.05) is 32.0 Å². The van der Waals surface area contributed by atoms with Gasteiger partial charge in [0.25, 0.3) is 0 Å². The van der Waals surface area contributed by atoms with Crippen LogP contribution in [0.25, 0.3) is 0 Å². The molecular formula is C10H18NO. The van der Waals surface area contributed by atoms with E-state index in [0.29, 0.717) is 5.78 Å². The van der Waals surface area contributed by atoms with E-state index in [9.17, 15) is 4.79 Å². The van der Waals surface area contributed by atoms with Crippen molar-refractivity contribution in [3.05, 3.63) is 5.92 Å². The number of piperidine rings is 1. The molecule has 12 heavy (non-hydrogen) atoms. The average Bonchev–Trinajstić information content (AvgIpc) is 1.96. The Bertz CT molecular complexity index is 165. The first kappa shape index (κ1) is 9.72. The van der Waals surface area contributed by atoms with Crippen molar-refractivity contribution in [3.63, 3.8) is 0 Å². The number of likely N-dealkylation sites (tertiary alicyclic amines) is 1. The van der Waals surface area contributed by atoms with Crippen molar-refractivity contribution in [1.29, 1.82) is 0 Å². The van der Waals surface area contributed by atoms with Crippen molar-refractivity contribution in [3.8, 4) is 0 Å². The van der Waals surface area contributed by atoms with Crippen molar-refractivity contribution in [2.24, 2.45) is 5.92 Å². The Kier molecular flexibility index (Phi) is 3.27. The minimum atomic E-state index is 0.248. The van der Waals surface area contributed by atoms with Crippen molar-refractivity contribution in [2.45, 2.75) is 27.2 Å². The van der Waals surface area contributed by atoms with E-state index < -0.39 is 0 Å². The molecule has 0 aliphatic carbocycles. The highest BCUT2D eigenvalue weighted by Crippen LogP contribution is 2.13. The third kappa shape index (κ3) is 2.59. The Morgan fingerprint density at radius 3 is 2.75 bits per heavy atom. The minimum absolute atomic E-state index is 0.248. The predicted octanol–water partition coefficient (Wildman–Crippen LogP) is 1.51. The Morgan fingerprint density at radius 2 is 2.25 bits per heavy atom. The van der Waals surface area contributed by atoms with Crippen LogP contribution in [-0.2, 0) is 4.79 Å². The van der Waals surface area contributed by atoms with Gasteiger partial charge in [0.1, 0.15) is 5.78 Å². The number of carbonyl (C=O) groups excluding carboxylic acids is 1. The zero-order valence-corrected chi connectivity index (χ0v) is 8.26. The molecule has 1 unspecified atom stereocenters. The smallest absolute Gasteiger partial charge is 0.138 e. The van der Waals surface area contributed by atoms with E-state index in [-0.39, 0.29) is 5.92 Å². The molecule has 1 aliphatic heterocycles. The summed E-state index contributed by atoms with van der Waals surface area (Å²) in [6, 6.07) is 0. The fraction of sp³-hybridized carbons (Fsp3) is 0.800. The van der Waals surface area contributed by atoms with Crippen molar-refractivity contribution >= 4 is 5.78 Å². The van der Waals surface area contributed by atoms with Gasteiger partial charge in [0.15, 0.2) is 0 Å². The fourth-order valence-electron chi connectivity index (χ4n) is 1.69. The Hall–Kier alpha value is -0.370. The SMILES string of the molecule is C[C](C)CN1CCC(=O)C(C)C1. The molecule has 2 heteroatoms. The summed E-state index contributed by atoms with van der Waals surface area (Å²) in [4.78, 5) is 13.6. The van der Waals surface area contributed by atoms with Gasteiger partial charge >= 0.3 is 0 Å². The third-order valence-corrected chi connectivity index (χ3v) is 2.30. The van der Waals surface area contributed by atoms with Crippen LogP contribution in [0.5, 0.6) is 0 Å². The molecule has 1 rings (SSSR count). The second-order valence-electron chi connectivity index (χ2n) is 4.06. The van der Waals surface area contributed by atoms with E-state index in [1.54, 1.807) is 0 Å². The number of hydrogen-bond donors (Lipinski definition) is 0. The molecule has 1 saturated heterocycles. The van der Waals surface area contributed by atoms with Crippen LogP contribution in [0, 0.1) is 11.8 Å². The van der Waals surface area contributed by atoms with Crippen LogP contribution >= 0.6 is 0 Å². The molecular weight excluding hydrogens is 150 g/mol. The van der Waals surface area contributed by atoms with Gasteiger partial charge in [0.2, 0.25) is 0 Å². The quantitative estimate of drug-likeness (QED) is 0.623. The molecule has 1 heterocycles. The molecule has 1 radical (unpaired) electrons. The minimum Gasteiger partial charge on any atom is -0.302 e. The van der Waals surface area contributed by atoms with E-state index in [1.807, 2.05) is 6.92 Å². The van der Waals surface area contributed by atoms with Gasteiger partial charge in [-0.2, -0.15) is 0 Å². The largest absolute Gasteiger partial charge is 0.302 e. The maximum absolute atomic E-state index is 11.2. The number of hydrogen-bond acceptors (Lipinski definition) is 2. The second kappa shape index (κ2) is 4.04. The molecule has 0 spiro atoms. The van der Waals surface area contributed by atoms with E-state index in [4.69, 9.17) is 0 Å². The highest BCUT2D eigenvalue weighted by atomic mass is 16.1. The van der Waals surface area contributed by atoms with Gasteiger partial charge in [-0.1, -0.05) is 20.8 Å². The summed E-state index contributed by atoms with van der Waals surface area (Å²) in [5.74, 6) is 2.11.